The van der Waals surface area contributed by atoms with Crippen LogP contribution in [0.1, 0.15) is 38.5 Å². The molecule has 0 bridgehead atoms. The monoisotopic (exact) mass is 565 g/mol. The highest BCUT2D eigenvalue weighted by Gasteiger charge is 2.25. The van der Waals surface area contributed by atoms with E-state index in [9.17, 15) is 34.1 Å². The third kappa shape index (κ3) is 7.31. The molecule has 1 aromatic heterocycles. The van der Waals surface area contributed by atoms with Gasteiger partial charge < -0.3 is 20.6 Å². The van der Waals surface area contributed by atoms with Crippen LogP contribution >= 0.6 is 11.6 Å². The van der Waals surface area contributed by atoms with Crippen molar-refractivity contribution >= 4 is 29.4 Å². The zero-order valence-corrected chi connectivity index (χ0v) is 21.8. The predicted octanol–water partition coefficient (Wildman–Crippen LogP) is 4.27. The average molecular weight is 566 g/mol. The number of carboxylic acid groups (broad SMARTS) is 2. The maximum Gasteiger partial charge on any atom is 0.354 e. The Morgan fingerprint density at radius 1 is 0.925 bits per heavy atom. The molecule has 2 atom stereocenters. The predicted molar refractivity (Wildman–Crippen MR) is 145 cm³/mol. The number of benzene rings is 3. The van der Waals surface area contributed by atoms with Crippen LogP contribution in [-0.4, -0.2) is 55.1 Å². The summed E-state index contributed by atoms with van der Waals surface area (Å²) in [4.78, 5) is 36.2. The minimum Gasteiger partial charge on any atom is -0.479 e. The third-order valence-electron chi connectivity index (χ3n) is 6.16. The molecule has 11 heteroatoms. The van der Waals surface area contributed by atoms with E-state index >= 15 is 0 Å². The summed E-state index contributed by atoms with van der Waals surface area (Å²) in [6.07, 6.45) is -1.84. The summed E-state index contributed by atoms with van der Waals surface area (Å²) in [7, 11) is 0. The number of amides is 1. The van der Waals surface area contributed by atoms with Crippen molar-refractivity contribution in [3.8, 4) is 11.1 Å². The van der Waals surface area contributed by atoms with Gasteiger partial charge in [0.2, 0.25) is 0 Å². The molecule has 0 saturated heterocycles. The van der Waals surface area contributed by atoms with E-state index in [0.717, 1.165) is 33.5 Å². The fraction of sp³-hybridized carbons (Fsp3) is 0.172. The number of hydrogen-bond acceptors (Lipinski definition) is 5. The molecule has 40 heavy (non-hydrogen) atoms. The molecule has 4 rings (SSSR count). The van der Waals surface area contributed by atoms with Crippen molar-refractivity contribution in [2.45, 2.75) is 31.5 Å². The lowest BCUT2D eigenvalue weighted by molar-refractivity contribution is -0.147. The first-order valence-electron chi connectivity index (χ1n) is 12.2. The molecule has 0 aliphatic rings. The van der Waals surface area contributed by atoms with Crippen LogP contribution in [0.3, 0.4) is 0 Å². The molecule has 0 aliphatic heterocycles. The van der Waals surface area contributed by atoms with E-state index in [1.54, 1.807) is 0 Å². The maximum absolute atomic E-state index is 13.8. The zero-order valence-electron chi connectivity index (χ0n) is 21.0. The summed E-state index contributed by atoms with van der Waals surface area (Å²) in [5, 5.41) is 35.7. The van der Waals surface area contributed by atoms with Gasteiger partial charge in [-0.3, -0.25) is 9.48 Å². The van der Waals surface area contributed by atoms with Gasteiger partial charge in [-0.25, -0.2) is 14.0 Å². The molecule has 0 fully saturated rings. The third-order valence-corrected chi connectivity index (χ3v) is 6.38. The molecular weight excluding hydrogens is 541 g/mol. The van der Waals surface area contributed by atoms with Crippen LogP contribution < -0.4 is 5.32 Å². The fourth-order valence-corrected chi connectivity index (χ4v) is 4.51. The van der Waals surface area contributed by atoms with Crippen molar-refractivity contribution in [3.05, 3.63) is 112 Å². The number of aromatic carboxylic acids is 1. The van der Waals surface area contributed by atoms with Gasteiger partial charge in [0.1, 0.15) is 11.5 Å². The lowest BCUT2D eigenvalue weighted by Gasteiger charge is -2.20. The minimum atomic E-state index is -1.74. The van der Waals surface area contributed by atoms with Gasteiger partial charge in [0, 0.05) is 23.6 Å². The smallest absolute Gasteiger partial charge is 0.354 e. The van der Waals surface area contributed by atoms with Gasteiger partial charge in [0.15, 0.2) is 11.8 Å². The lowest BCUT2D eigenvalue weighted by Crippen LogP contribution is -2.40. The van der Waals surface area contributed by atoms with E-state index in [-0.39, 0.29) is 35.8 Å². The molecule has 0 saturated carbocycles. The van der Waals surface area contributed by atoms with Crippen LogP contribution in [-0.2, 0) is 17.8 Å². The van der Waals surface area contributed by atoms with Gasteiger partial charge >= 0.3 is 11.9 Å². The van der Waals surface area contributed by atoms with Gasteiger partial charge in [0.25, 0.3) is 5.91 Å². The molecule has 4 aromatic rings. The number of aliphatic hydroxyl groups excluding tert-OH is 1. The van der Waals surface area contributed by atoms with Gasteiger partial charge in [-0.05, 0) is 46.9 Å². The summed E-state index contributed by atoms with van der Waals surface area (Å²) in [6.45, 7) is -0.165. The van der Waals surface area contributed by atoms with E-state index < -0.39 is 35.8 Å². The number of rotatable bonds is 11. The molecule has 0 radical (unpaired) electrons. The summed E-state index contributed by atoms with van der Waals surface area (Å²) < 4.78 is 14.8. The quantitative estimate of drug-likeness (QED) is 0.213. The van der Waals surface area contributed by atoms with E-state index in [1.165, 1.54) is 12.1 Å². The number of aliphatic carboxylic acids is 1. The summed E-state index contributed by atoms with van der Waals surface area (Å²) in [5.41, 5.74) is 2.55. The molecule has 0 aliphatic carbocycles. The van der Waals surface area contributed by atoms with Gasteiger partial charge in [0.05, 0.1) is 6.54 Å². The molecule has 1 amide bonds. The standard InChI is InChI=1S/C29H25ClFN3O6/c30-21-10-18(11-22(31)13-21)16-34-25(28(37)38)15-24(33-34)27(36)32-23(14-26(35)29(39)40)12-17-6-8-20(9-7-17)19-4-2-1-3-5-19/h1-11,13,15,23,26,35H,12,14,16H2,(H,32,36)(H,37,38)(H,39,40). The number of nitrogens with zero attached hydrogens (tertiary/aromatic N) is 2. The van der Waals surface area contributed by atoms with Crippen LogP contribution in [0, 0.1) is 5.82 Å². The number of carboxylic acids is 2. The Bertz CT molecular complexity index is 1500. The highest BCUT2D eigenvalue weighted by Crippen LogP contribution is 2.21. The van der Waals surface area contributed by atoms with Gasteiger partial charge in [-0.1, -0.05) is 66.2 Å². The molecule has 206 valence electrons. The fourth-order valence-electron chi connectivity index (χ4n) is 4.27. The molecule has 4 N–H and O–H groups in total. The molecule has 2 unspecified atom stereocenters. The van der Waals surface area contributed by atoms with Crippen LogP contribution in [0.15, 0.2) is 78.9 Å². The number of carbonyl (C=O) groups is 3. The number of carbonyl (C=O) groups excluding carboxylic acids is 1. The van der Waals surface area contributed by atoms with Gasteiger partial charge in [-0.2, -0.15) is 5.10 Å². The molecule has 0 spiro atoms. The first-order valence-corrected chi connectivity index (χ1v) is 12.6. The Morgan fingerprint density at radius 2 is 1.60 bits per heavy atom. The lowest BCUT2D eigenvalue weighted by atomic mass is 9.97. The Labute approximate surface area is 233 Å². The van der Waals surface area contributed by atoms with Crippen molar-refractivity contribution < 1.29 is 34.1 Å². The highest BCUT2D eigenvalue weighted by atomic mass is 35.5. The second kappa shape index (κ2) is 12.5. The summed E-state index contributed by atoms with van der Waals surface area (Å²) in [5.74, 6) is -4.17. The Kier molecular flexibility index (Phi) is 8.93. The number of aliphatic hydroxyl groups is 1. The van der Waals surface area contributed by atoms with Crippen LogP contribution in [0.4, 0.5) is 4.39 Å². The van der Waals surface area contributed by atoms with Crippen molar-refractivity contribution in [3.63, 3.8) is 0 Å². The molecular formula is C29H25ClFN3O6. The first-order chi connectivity index (χ1) is 19.1. The SMILES string of the molecule is O=C(NC(Cc1ccc(-c2ccccc2)cc1)CC(O)C(=O)O)c1cc(C(=O)O)n(Cc2cc(F)cc(Cl)c2)n1. The van der Waals surface area contributed by atoms with Crippen molar-refractivity contribution in [1.82, 2.24) is 15.1 Å². The second-order valence-electron chi connectivity index (χ2n) is 9.18. The van der Waals surface area contributed by atoms with E-state index in [2.05, 4.69) is 10.4 Å². The number of halogens is 2. The zero-order chi connectivity index (χ0) is 28.8. The first kappa shape index (κ1) is 28.5. The van der Waals surface area contributed by atoms with E-state index in [0.29, 0.717) is 5.56 Å². The van der Waals surface area contributed by atoms with Crippen LogP contribution in [0.2, 0.25) is 5.02 Å². The normalized spacial score (nSPS) is 12.5. The minimum absolute atomic E-state index is 0.119. The largest absolute Gasteiger partial charge is 0.479 e. The van der Waals surface area contributed by atoms with E-state index in [4.69, 9.17) is 11.6 Å². The van der Waals surface area contributed by atoms with Crippen molar-refractivity contribution in [2.75, 3.05) is 0 Å². The van der Waals surface area contributed by atoms with E-state index in [1.807, 2.05) is 54.6 Å². The average Bonchev–Trinajstić information content (AvgIpc) is 3.33. The number of hydrogen-bond donors (Lipinski definition) is 4. The van der Waals surface area contributed by atoms with Crippen molar-refractivity contribution in [1.29, 1.82) is 0 Å². The highest BCUT2D eigenvalue weighted by molar-refractivity contribution is 6.30. The van der Waals surface area contributed by atoms with Crippen LogP contribution in [0.5, 0.6) is 0 Å². The Hall–Kier alpha value is -4.54. The number of aromatic nitrogens is 2. The maximum atomic E-state index is 13.8. The molecule has 1 heterocycles. The van der Waals surface area contributed by atoms with Crippen LogP contribution in [0.25, 0.3) is 11.1 Å². The summed E-state index contributed by atoms with van der Waals surface area (Å²) in [6, 6.07) is 21.2. The second-order valence-corrected chi connectivity index (χ2v) is 9.62. The van der Waals surface area contributed by atoms with Gasteiger partial charge in [-0.15, -0.1) is 0 Å². The Morgan fingerprint density at radius 3 is 2.23 bits per heavy atom. The number of nitrogens with one attached hydrogen (secondary N) is 1. The Balaban J connectivity index is 1.54. The topological polar surface area (TPSA) is 142 Å². The molecule has 3 aromatic carbocycles. The summed E-state index contributed by atoms with van der Waals surface area (Å²) >= 11 is 5.89. The van der Waals surface area contributed by atoms with Crippen molar-refractivity contribution in [2.24, 2.45) is 0 Å². The molecule has 9 nitrogen and oxygen atoms in total.